The van der Waals surface area contributed by atoms with Gasteiger partial charge in [-0.25, -0.2) is 0 Å². The summed E-state index contributed by atoms with van der Waals surface area (Å²) in [5, 5.41) is 5.05. The summed E-state index contributed by atoms with van der Waals surface area (Å²) in [6.45, 7) is 1.42. The van der Waals surface area contributed by atoms with Crippen molar-refractivity contribution in [3.8, 4) is 0 Å². The lowest BCUT2D eigenvalue weighted by Gasteiger charge is -2.05. The summed E-state index contributed by atoms with van der Waals surface area (Å²) < 4.78 is 0. The second kappa shape index (κ2) is 9.68. The van der Waals surface area contributed by atoms with Gasteiger partial charge in [-0.15, -0.1) is 24.0 Å². The highest BCUT2D eigenvalue weighted by molar-refractivity contribution is 14.0. The van der Waals surface area contributed by atoms with Crippen LogP contribution in [0.5, 0.6) is 0 Å². The zero-order chi connectivity index (χ0) is 16.8. The van der Waals surface area contributed by atoms with Gasteiger partial charge in [0.05, 0.1) is 0 Å². The van der Waals surface area contributed by atoms with E-state index >= 15 is 0 Å². The van der Waals surface area contributed by atoms with E-state index in [1.54, 1.807) is 0 Å². The van der Waals surface area contributed by atoms with Crippen LogP contribution in [0.3, 0.4) is 0 Å². The van der Waals surface area contributed by atoms with E-state index in [9.17, 15) is 0 Å². The molecule has 132 valence electrons. The molecule has 0 unspecified atom stereocenters. The van der Waals surface area contributed by atoms with Crippen LogP contribution in [-0.2, 0) is 12.8 Å². The molecule has 0 aliphatic carbocycles. The van der Waals surface area contributed by atoms with Crippen molar-refractivity contribution < 1.29 is 0 Å². The van der Waals surface area contributed by atoms with Crippen LogP contribution in [0.2, 0.25) is 5.02 Å². The molecule has 0 atom stereocenters. The molecular weight excluding hydrogens is 447 g/mol. The fourth-order valence-corrected chi connectivity index (χ4v) is 2.86. The monoisotopic (exact) mass is 468 g/mol. The zero-order valence-corrected chi connectivity index (χ0v) is 16.9. The maximum atomic E-state index is 6.07. The molecular formula is C19H22ClIN4. The molecule has 0 aliphatic heterocycles. The number of aromatic nitrogens is 1. The molecule has 0 saturated carbocycles. The molecule has 4 N–H and O–H groups in total. The normalized spacial score (nSPS) is 11.3. The minimum Gasteiger partial charge on any atom is -0.370 e. The number of H-pyrrole nitrogens is 1. The molecule has 0 spiro atoms. The Labute approximate surface area is 169 Å². The topological polar surface area (TPSA) is 66.2 Å². The van der Waals surface area contributed by atoms with Gasteiger partial charge in [0.15, 0.2) is 5.96 Å². The highest BCUT2D eigenvalue weighted by Crippen LogP contribution is 2.22. The van der Waals surface area contributed by atoms with Crippen molar-refractivity contribution >= 4 is 52.4 Å². The van der Waals surface area contributed by atoms with E-state index in [1.165, 1.54) is 11.1 Å². The number of nitrogens with zero attached hydrogens (tertiary/aromatic N) is 1. The number of aliphatic imine (C=N–C) groups is 1. The SMILES string of the molecule is I.NC(=NCCc1c[nH]c2ccc(Cl)cc12)NCCc1ccccc1. The van der Waals surface area contributed by atoms with E-state index in [-0.39, 0.29) is 24.0 Å². The summed E-state index contributed by atoms with van der Waals surface area (Å²) >= 11 is 6.07. The van der Waals surface area contributed by atoms with E-state index in [0.717, 1.165) is 35.3 Å². The summed E-state index contributed by atoms with van der Waals surface area (Å²) in [6, 6.07) is 16.2. The number of benzene rings is 2. The van der Waals surface area contributed by atoms with Crippen molar-refractivity contribution in [3.63, 3.8) is 0 Å². The van der Waals surface area contributed by atoms with Crippen LogP contribution in [0.4, 0.5) is 0 Å². The Kier molecular flexibility index (Phi) is 7.58. The van der Waals surface area contributed by atoms with Crippen LogP contribution in [0, 0.1) is 0 Å². The molecule has 0 bridgehead atoms. The van der Waals surface area contributed by atoms with Crippen molar-refractivity contribution in [2.24, 2.45) is 10.7 Å². The Morgan fingerprint density at radius 3 is 2.72 bits per heavy atom. The van der Waals surface area contributed by atoms with Gasteiger partial charge >= 0.3 is 0 Å². The molecule has 4 nitrogen and oxygen atoms in total. The van der Waals surface area contributed by atoms with Gasteiger partial charge in [0.1, 0.15) is 0 Å². The second-order valence-electron chi connectivity index (χ2n) is 5.68. The van der Waals surface area contributed by atoms with Gasteiger partial charge in [0, 0.05) is 35.2 Å². The number of rotatable bonds is 6. The highest BCUT2D eigenvalue weighted by atomic mass is 127. The number of hydrogen-bond donors (Lipinski definition) is 3. The third kappa shape index (κ3) is 5.64. The average molecular weight is 469 g/mol. The van der Waals surface area contributed by atoms with Gasteiger partial charge in [-0.1, -0.05) is 41.9 Å². The van der Waals surface area contributed by atoms with Gasteiger partial charge in [0.25, 0.3) is 0 Å². The summed E-state index contributed by atoms with van der Waals surface area (Å²) in [5.74, 6) is 0.490. The number of halogens is 2. The van der Waals surface area contributed by atoms with E-state index < -0.39 is 0 Å². The Morgan fingerprint density at radius 1 is 1.12 bits per heavy atom. The standard InChI is InChI=1S/C19H21ClN4.HI/c20-16-6-7-18-17(12-16)15(13-24-18)9-11-23-19(21)22-10-8-14-4-2-1-3-5-14;/h1-7,12-13,24H,8-11H2,(H3,21,22,23);1H. The Hall–Kier alpha value is -1.73. The number of nitrogens with two attached hydrogens (primary N) is 1. The molecule has 1 heterocycles. The largest absolute Gasteiger partial charge is 0.370 e. The summed E-state index contributed by atoms with van der Waals surface area (Å²) in [7, 11) is 0. The average Bonchev–Trinajstić information content (AvgIpc) is 2.98. The van der Waals surface area contributed by atoms with Gasteiger partial charge in [-0.3, -0.25) is 4.99 Å². The van der Waals surface area contributed by atoms with Crippen molar-refractivity contribution in [1.29, 1.82) is 0 Å². The fraction of sp³-hybridized carbons (Fsp3) is 0.211. The number of hydrogen-bond acceptors (Lipinski definition) is 1. The number of nitrogens with one attached hydrogen (secondary N) is 2. The van der Waals surface area contributed by atoms with E-state index in [4.69, 9.17) is 17.3 Å². The summed E-state index contributed by atoms with van der Waals surface area (Å²) in [4.78, 5) is 7.65. The van der Waals surface area contributed by atoms with Crippen LogP contribution in [0.15, 0.2) is 59.7 Å². The number of guanidine groups is 1. The molecule has 0 saturated heterocycles. The third-order valence-electron chi connectivity index (χ3n) is 3.96. The minimum atomic E-state index is 0. The first-order valence-electron chi connectivity index (χ1n) is 8.05. The maximum absolute atomic E-state index is 6.07. The predicted octanol–water partition coefficient (Wildman–Crippen LogP) is 4.13. The summed E-state index contributed by atoms with van der Waals surface area (Å²) in [5.41, 5.74) is 9.50. The Morgan fingerprint density at radius 2 is 1.92 bits per heavy atom. The first-order chi connectivity index (χ1) is 11.7. The molecule has 0 fully saturated rings. The first kappa shape index (κ1) is 19.6. The van der Waals surface area contributed by atoms with Crippen LogP contribution in [-0.4, -0.2) is 24.0 Å². The van der Waals surface area contributed by atoms with E-state index in [1.807, 2.05) is 42.6 Å². The van der Waals surface area contributed by atoms with Crippen LogP contribution in [0.25, 0.3) is 10.9 Å². The molecule has 3 rings (SSSR count). The maximum Gasteiger partial charge on any atom is 0.188 e. The number of fused-ring (bicyclic) bond motifs is 1. The minimum absolute atomic E-state index is 0. The highest BCUT2D eigenvalue weighted by Gasteiger charge is 2.04. The van der Waals surface area contributed by atoms with Gasteiger partial charge < -0.3 is 16.0 Å². The van der Waals surface area contributed by atoms with E-state index in [2.05, 4.69) is 27.4 Å². The molecule has 2 aromatic carbocycles. The lowest BCUT2D eigenvalue weighted by Crippen LogP contribution is -2.33. The third-order valence-corrected chi connectivity index (χ3v) is 4.19. The first-order valence-corrected chi connectivity index (χ1v) is 8.43. The smallest absolute Gasteiger partial charge is 0.188 e. The van der Waals surface area contributed by atoms with Gasteiger partial charge in [0.2, 0.25) is 0 Å². The van der Waals surface area contributed by atoms with Crippen LogP contribution < -0.4 is 11.1 Å². The molecule has 0 amide bonds. The number of aromatic amines is 1. The van der Waals surface area contributed by atoms with Crippen molar-refractivity contribution in [1.82, 2.24) is 10.3 Å². The predicted molar refractivity (Wildman–Crippen MR) is 117 cm³/mol. The van der Waals surface area contributed by atoms with Crippen molar-refractivity contribution in [2.75, 3.05) is 13.1 Å². The van der Waals surface area contributed by atoms with Crippen molar-refractivity contribution in [3.05, 3.63) is 70.9 Å². The molecule has 6 heteroatoms. The molecule has 25 heavy (non-hydrogen) atoms. The molecule has 3 aromatic rings. The van der Waals surface area contributed by atoms with Crippen LogP contribution in [0.1, 0.15) is 11.1 Å². The lowest BCUT2D eigenvalue weighted by molar-refractivity contribution is 0.844. The van der Waals surface area contributed by atoms with Crippen molar-refractivity contribution in [2.45, 2.75) is 12.8 Å². The summed E-state index contributed by atoms with van der Waals surface area (Å²) in [6.07, 6.45) is 3.76. The quantitative estimate of drug-likeness (QED) is 0.289. The molecule has 0 aliphatic rings. The van der Waals surface area contributed by atoms with Gasteiger partial charge in [-0.05, 0) is 42.2 Å². The molecule has 0 radical (unpaired) electrons. The fourth-order valence-electron chi connectivity index (χ4n) is 2.69. The van der Waals surface area contributed by atoms with E-state index in [0.29, 0.717) is 12.5 Å². The second-order valence-corrected chi connectivity index (χ2v) is 6.12. The Balaban J connectivity index is 0.00000225. The Bertz CT molecular complexity index is 830. The van der Waals surface area contributed by atoms with Crippen LogP contribution >= 0.6 is 35.6 Å². The lowest BCUT2D eigenvalue weighted by atomic mass is 10.1. The zero-order valence-electron chi connectivity index (χ0n) is 13.8. The molecule has 1 aromatic heterocycles. The van der Waals surface area contributed by atoms with Gasteiger partial charge in [-0.2, -0.15) is 0 Å².